The second-order valence-electron chi connectivity index (χ2n) is 9.16. The maximum absolute atomic E-state index is 10.4. The topological polar surface area (TPSA) is 90.2 Å². The van der Waals surface area contributed by atoms with Crippen LogP contribution >= 0.6 is 0 Å². The summed E-state index contributed by atoms with van der Waals surface area (Å²) in [6, 6.07) is 12.5. The highest BCUT2D eigenvalue weighted by molar-refractivity contribution is 6.41. The Hall–Kier alpha value is -1.63. The summed E-state index contributed by atoms with van der Waals surface area (Å²) < 4.78 is 5.72. The zero-order chi connectivity index (χ0) is 20.9. The third-order valence-electron chi connectivity index (χ3n) is 6.52. The van der Waals surface area contributed by atoms with E-state index in [1.165, 1.54) is 16.7 Å². The Kier molecular flexibility index (Phi) is 5.38. The standard InChI is InChI=1S/C22H28B2O5/c1-11-2-4-13(21-20(28)19(27)18(26)17(10-25)29-21)8-14(11)6-12-3-5-16-15(7-12)9-22(16,23)24/h2-5,7-8,17-21,25-28H,6,9-10,23-24H2,1H3/t17-,18-,19+,20-,21+/m1/s1. The maximum atomic E-state index is 10.4. The largest absolute Gasteiger partial charge is 0.394 e. The Labute approximate surface area is 173 Å². The molecule has 1 aliphatic carbocycles. The molecule has 1 heterocycles. The molecule has 29 heavy (non-hydrogen) atoms. The zero-order valence-electron chi connectivity index (χ0n) is 17.2. The lowest BCUT2D eigenvalue weighted by molar-refractivity contribution is -0.231. The van der Waals surface area contributed by atoms with Crippen molar-refractivity contribution in [1.29, 1.82) is 0 Å². The molecule has 0 spiro atoms. The number of aliphatic hydroxyl groups excluding tert-OH is 4. The molecule has 1 fully saturated rings. The molecular formula is C22H28B2O5. The van der Waals surface area contributed by atoms with Crippen molar-refractivity contribution in [2.75, 3.05) is 6.61 Å². The molecule has 5 atom stereocenters. The summed E-state index contributed by atoms with van der Waals surface area (Å²) in [7, 11) is 4.53. The molecule has 0 radical (unpaired) electrons. The monoisotopic (exact) mass is 394 g/mol. The molecule has 7 heteroatoms. The molecule has 2 aromatic carbocycles. The molecule has 4 rings (SSSR count). The lowest BCUT2D eigenvalue weighted by atomic mass is 9.42. The predicted octanol–water partition coefficient (Wildman–Crippen LogP) is -0.924. The first kappa shape index (κ1) is 20.6. The number of fused-ring (bicyclic) bond motifs is 1. The van der Waals surface area contributed by atoms with Crippen molar-refractivity contribution in [3.05, 3.63) is 69.8 Å². The fourth-order valence-electron chi connectivity index (χ4n) is 4.68. The van der Waals surface area contributed by atoms with Gasteiger partial charge in [-0.2, -0.15) is 0 Å². The van der Waals surface area contributed by atoms with E-state index in [4.69, 9.17) is 4.74 Å². The highest BCUT2D eigenvalue weighted by atomic mass is 16.5. The average molecular weight is 394 g/mol. The first-order valence-corrected chi connectivity index (χ1v) is 10.2. The van der Waals surface area contributed by atoms with Crippen LogP contribution in [0.25, 0.3) is 0 Å². The van der Waals surface area contributed by atoms with Crippen LogP contribution in [0.15, 0.2) is 36.4 Å². The minimum absolute atomic E-state index is 0.271. The molecule has 2 aromatic rings. The minimum Gasteiger partial charge on any atom is -0.394 e. The van der Waals surface area contributed by atoms with Gasteiger partial charge in [0, 0.05) is 0 Å². The number of hydrogen-bond donors (Lipinski definition) is 4. The molecule has 0 unspecified atom stereocenters. The van der Waals surface area contributed by atoms with Crippen LogP contribution in [0.3, 0.4) is 0 Å². The third kappa shape index (κ3) is 3.66. The SMILES string of the molecule is BC1(B)Cc2cc(Cc3cc([C@@H]4O[C@H](CO)[C@@H](O)[C@H](O)[C@H]4O)ccc3C)ccc21. The maximum Gasteiger partial charge on any atom is 0.113 e. The predicted molar refractivity (Wildman–Crippen MR) is 116 cm³/mol. The summed E-state index contributed by atoms with van der Waals surface area (Å²) in [5, 5.41) is 40.3. The quantitative estimate of drug-likeness (QED) is 0.504. The number of rotatable bonds is 4. The van der Waals surface area contributed by atoms with Gasteiger partial charge in [-0.15, -0.1) is 0 Å². The van der Waals surface area contributed by atoms with Crippen molar-refractivity contribution in [2.45, 2.75) is 55.5 Å². The fourth-order valence-corrected chi connectivity index (χ4v) is 4.68. The van der Waals surface area contributed by atoms with Gasteiger partial charge in [-0.25, -0.2) is 0 Å². The highest BCUT2D eigenvalue weighted by Gasteiger charge is 2.44. The van der Waals surface area contributed by atoms with Crippen molar-refractivity contribution in [3.8, 4) is 0 Å². The van der Waals surface area contributed by atoms with Gasteiger partial charge in [0.05, 0.1) is 6.61 Å². The summed E-state index contributed by atoms with van der Waals surface area (Å²) >= 11 is 0. The third-order valence-corrected chi connectivity index (χ3v) is 6.52. The summed E-state index contributed by atoms with van der Waals surface area (Å²) in [5.41, 5.74) is 7.07. The second-order valence-corrected chi connectivity index (χ2v) is 9.16. The molecule has 2 aliphatic rings. The minimum atomic E-state index is -1.37. The van der Waals surface area contributed by atoms with Crippen LogP contribution in [-0.4, -0.2) is 67.1 Å². The van der Waals surface area contributed by atoms with E-state index in [9.17, 15) is 20.4 Å². The van der Waals surface area contributed by atoms with E-state index in [0.717, 1.165) is 29.5 Å². The molecular weight excluding hydrogens is 366 g/mol. The van der Waals surface area contributed by atoms with Crippen LogP contribution in [0.4, 0.5) is 0 Å². The van der Waals surface area contributed by atoms with E-state index in [2.05, 4.69) is 40.8 Å². The lowest BCUT2D eigenvalue weighted by Gasteiger charge is -2.40. The molecule has 0 bridgehead atoms. The molecule has 0 amide bonds. The van der Waals surface area contributed by atoms with Crippen LogP contribution < -0.4 is 0 Å². The van der Waals surface area contributed by atoms with E-state index in [1.807, 2.05) is 18.2 Å². The highest BCUT2D eigenvalue weighted by Crippen LogP contribution is 2.37. The van der Waals surface area contributed by atoms with Crippen molar-refractivity contribution >= 4 is 15.7 Å². The van der Waals surface area contributed by atoms with Crippen LogP contribution in [0.2, 0.25) is 0 Å². The van der Waals surface area contributed by atoms with Gasteiger partial charge in [0.1, 0.15) is 46.2 Å². The van der Waals surface area contributed by atoms with E-state index in [1.54, 1.807) is 0 Å². The van der Waals surface area contributed by atoms with Gasteiger partial charge in [-0.1, -0.05) is 47.2 Å². The van der Waals surface area contributed by atoms with Crippen LogP contribution in [0.1, 0.15) is 39.5 Å². The second kappa shape index (κ2) is 7.56. The molecule has 1 aliphatic heterocycles. The molecule has 5 nitrogen and oxygen atoms in total. The summed E-state index contributed by atoms with van der Waals surface area (Å²) in [4.78, 5) is 0. The lowest BCUT2D eigenvalue weighted by Crippen LogP contribution is -2.55. The van der Waals surface area contributed by atoms with Gasteiger partial charge in [-0.05, 0) is 47.6 Å². The van der Waals surface area contributed by atoms with E-state index in [-0.39, 0.29) is 5.21 Å². The number of hydrogen-bond acceptors (Lipinski definition) is 5. The van der Waals surface area contributed by atoms with E-state index >= 15 is 0 Å². The molecule has 4 N–H and O–H groups in total. The fraction of sp³-hybridized carbons (Fsp3) is 0.455. The number of aryl methyl sites for hydroxylation is 1. The number of ether oxygens (including phenoxy) is 1. The van der Waals surface area contributed by atoms with Crippen molar-refractivity contribution < 1.29 is 25.2 Å². The first-order chi connectivity index (χ1) is 13.7. The molecule has 0 aromatic heterocycles. The van der Waals surface area contributed by atoms with Gasteiger partial charge in [0.2, 0.25) is 0 Å². The Morgan fingerprint density at radius 1 is 1.03 bits per heavy atom. The van der Waals surface area contributed by atoms with E-state index in [0.29, 0.717) is 0 Å². The average Bonchev–Trinajstić information content (AvgIpc) is 2.67. The Balaban J connectivity index is 1.59. The van der Waals surface area contributed by atoms with Gasteiger partial charge < -0.3 is 25.2 Å². The van der Waals surface area contributed by atoms with Crippen LogP contribution in [0, 0.1) is 6.92 Å². The zero-order valence-corrected chi connectivity index (χ0v) is 17.2. The smallest absolute Gasteiger partial charge is 0.113 e. The number of benzene rings is 2. The first-order valence-electron chi connectivity index (χ1n) is 10.2. The normalized spacial score (nSPS) is 30.4. The molecule has 0 saturated carbocycles. The van der Waals surface area contributed by atoms with Gasteiger partial charge in [-0.3, -0.25) is 0 Å². The van der Waals surface area contributed by atoms with Gasteiger partial charge >= 0.3 is 0 Å². The van der Waals surface area contributed by atoms with E-state index < -0.39 is 37.1 Å². The van der Waals surface area contributed by atoms with Crippen LogP contribution in [0.5, 0.6) is 0 Å². The molecule has 1 saturated heterocycles. The van der Waals surface area contributed by atoms with Crippen molar-refractivity contribution in [2.24, 2.45) is 0 Å². The van der Waals surface area contributed by atoms with Gasteiger partial charge in [0.25, 0.3) is 0 Å². The summed E-state index contributed by atoms with van der Waals surface area (Å²) in [6.45, 7) is 1.63. The van der Waals surface area contributed by atoms with Crippen molar-refractivity contribution in [1.82, 2.24) is 0 Å². The van der Waals surface area contributed by atoms with Gasteiger partial charge in [0.15, 0.2) is 0 Å². The number of aliphatic hydroxyl groups is 4. The Morgan fingerprint density at radius 2 is 1.79 bits per heavy atom. The summed E-state index contributed by atoms with van der Waals surface area (Å²) in [5.74, 6) is 0. The Morgan fingerprint density at radius 3 is 2.45 bits per heavy atom. The Bertz CT molecular complexity index is 914. The van der Waals surface area contributed by atoms with Crippen LogP contribution in [-0.2, 0) is 22.8 Å². The van der Waals surface area contributed by atoms with Crippen molar-refractivity contribution in [3.63, 3.8) is 0 Å². The molecule has 152 valence electrons. The summed E-state index contributed by atoms with van der Waals surface area (Å²) in [6.07, 6.45) is -3.82.